The summed E-state index contributed by atoms with van der Waals surface area (Å²) < 4.78 is 32.0. The van der Waals surface area contributed by atoms with Crippen molar-refractivity contribution < 1.29 is 23.1 Å². The van der Waals surface area contributed by atoms with Gasteiger partial charge in [-0.2, -0.15) is 0 Å². The van der Waals surface area contributed by atoms with Gasteiger partial charge >= 0.3 is 6.09 Å². The first-order valence-electron chi connectivity index (χ1n) is 10.7. The highest BCUT2D eigenvalue weighted by atomic mass is 19.3. The number of fused-ring (bicyclic) bond motifs is 4. The Kier molecular flexibility index (Phi) is 7.11. The molecule has 2 N–H and O–H groups in total. The Hall–Kier alpha value is -3.03. The van der Waals surface area contributed by atoms with Crippen LogP contribution in [0.3, 0.4) is 0 Å². The van der Waals surface area contributed by atoms with E-state index in [-0.39, 0.29) is 17.4 Å². The van der Waals surface area contributed by atoms with E-state index in [4.69, 9.17) is 4.74 Å². The van der Waals surface area contributed by atoms with Gasteiger partial charge in [-0.05, 0) is 57.4 Å². The van der Waals surface area contributed by atoms with Crippen molar-refractivity contribution in [1.82, 2.24) is 10.3 Å². The summed E-state index contributed by atoms with van der Waals surface area (Å²) in [7, 11) is 0. The molecule has 3 rings (SSSR count). The van der Waals surface area contributed by atoms with Crippen LogP contribution in [0.1, 0.15) is 70.7 Å². The molecular weight excluding hydrogens is 416 g/mol. The third-order valence-corrected chi connectivity index (χ3v) is 5.27. The van der Waals surface area contributed by atoms with Gasteiger partial charge in [0.15, 0.2) is 0 Å². The number of ether oxygens (including phenoxy) is 1. The average Bonchev–Trinajstić information content (AvgIpc) is 2.71. The molecule has 2 atom stereocenters. The fourth-order valence-electron chi connectivity index (χ4n) is 3.62. The van der Waals surface area contributed by atoms with Gasteiger partial charge < -0.3 is 15.4 Å². The number of alkyl halides is 2. The predicted octanol–water partition coefficient (Wildman–Crippen LogP) is 6.01. The number of amides is 2. The summed E-state index contributed by atoms with van der Waals surface area (Å²) in [4.78, 5) is 29.6. The number of hydrogen-bond donors (Lipinski definition) is 2. The summed E-state index contributed by atoms with van der Waals surface area (Å²) in [6.07, 6.45) is 0.216. The van der Waals surface area contributed by atoms with Crippen LogP contribution in [0.25, 0.3) is 11.1 Å². The highest BCUT2D eigenvalue weighted by molar-refractivity contribution is 5.96. The smallest absolute Gasteiger partial charge is 0.408 e. The molecule has 2 heterocycles. The maximum absolute atomic E-state index is 13.3. The molecule has 0 saturated heterocycles. The van der Waals surface area contributed by atoms with Gasteiger partial charge in [0.1, 0.15) is 5.60 Å². The Bertz CT molecular complexity index is 989. The van der Waals surface area contributed by atoms with Gasteiger partial charge in [0, 0.05) is 28.9 Å². The molecule has 172 valence electrons. The summed E-state index contributed by atoms with van der Waals surface area (Å²) in [5, 5.41) is 5.71. The number of alkyl carbamates (subject to hydrolysis) is 1. The third-order valence-electron chi connectivity index (χ3n) is 5.27. The first-order valence-corrected chi connectivity index (χ1v) is 10.7. The molecule has 0 aliphatic carbocycles. The zero-order chi connectivity index (χ0) is 23.5. The maximum atomic E-state index is 13.3. The summed E-state index contributed by atoms with van der Waals surface area (Å²) in [5.41, 5.74) is 1.47. The second-order valence-corrected chi connectivity index (χ2v) is 9.10. The molecule has 0 unspecified atom stereocenters. The summed E-state index contributed by atoms with van der Waals surface area (Å²) in [5.74, 6) is -0.560. The molecule has 1 aromatic carbocycles. The lowest BCUT2D eigenvalue weighted by molar-refractivity contribution is -0.119. The molecule has 0 saturated carbocycles. The number of benzene rings is 1. The number of pyridine rings is 1. The van der Waals surface area contributed by atoms with Crippen LogP contribution < -0.4 is 10.6 Å². The van der Waals surface area contributed by atoms with Crippen LogP contribution >= 0.6 is 0 Å². The molecule has 2 bridgehead atoms. The van der Waals surface area contributed by atoms with E-state index in [2.05, 4.69) is 15.6 Å². The number of halogens is 2. The van der Waals surface area contributed by atoms with Crippen molar-refractivity contribution in [3.8, 4) is 11.1 Å². The van der Waals surface area contributed by atoms with Crippen LogP contribution in [-0.4, -0.2) is 22.6 Å². The number of anilines is 1. The Morgan fingerprint density at radius 2 is 1.97 bits per heavy atom. The Morgan fingerprint density at radius 1 is 1.22 bits per heavy atom. The lowest BCUT2D eigenvalue weighted by Gasteiger charge is -2.25. The molecule has 0 spiro atoms. The Balaban J connectivity index is 2.03. The first kappa shape index (κ1) is 23.6. The van der Waals surface area contributed by atoms with E-state index in [1.807, 2.05) is 0 Å². The first-order chi connectivity index (χ1) is 15.0. The number of nitrogens with zero attached hydrogens (tertiary/aromatic N) is 1. The van der Waals surface area contributed by atoms with E-state index in [1.54, 1.807) is 52.1 Å². The minimum Gasteiger partial charge on any atom is -0.444 e. The number of carbonyl (C=O) groups is 2. The van der Waals surface area contributed by atoms with Crippen LogP contribution in [0.5, 0.6) is 0 Å². The zero-order valence-electron chi connectivity index (χ0n) is 18.7. The topological polar surface area (TPSA) is 80.3 Å². The van der Waals surface area contributed by atoms with E-state index >= 15 is 0 Å². The van der Waals surface area contributed by atoms with Crippen LogP contribution in [0.15, 0.2) is 36.5 Å². The number of hydrogen-bond acceptors (Lipinski definition) is 4. The number of nitrogens with one attached hydrogen (secondary N) is 2. The monoisotopic (exact) mass is 445 g/mol. The minimum absolute atomic E-state index is 0.164. The molecule has 1 aromatic heterocycles. The van der Waals surface area contributed by atoms with E-state index < -0.39 is 24.2 Å². The molecule has 0 radical (unpaired) electrons. The van der Waals surface area contributed by atoms with Crippen molar-refractivity contribution in [2.24, 2.45) is 5.92 Å². The number of aromatic nitrogens is 1. The molecule has 32 heavy (non-hydrogen) atoms. The van der Waals surface area contributed by atoms with Gasteiger partial charge in [-0.3, -0.25) is 9.78 Å². The largest absolute Gasteiger partial charge is 0.444 e. The molecular formula is C24H29F2N3O3. The molecule has 2 amide bonds. The highest BCUT2D eigenvalue weighted by Crippen LogP contribution is 2.34. The van der Waals surface area contributed by atoms with Crippen LogP contribution in [0, 0.1) is 5.92 Å². The fourth-order valence-corrected chi connectivity index (χ4v) is 3.62. The van der Waals surface area contributed by atoms with Gasteiger partial charge in [-0.15, -0.1) is 0 Å². The van der Waals surface area contributed by atoms with Gasteiger partial charge in [0.2, 0.25) is 5.91 Å². The van der Waals surface area contributed by atoms with E-state index in [0.29, 0.717) is 41.8 Å². The lowest BCUT2D eigenvalue weighted by atomic mass is 9.95. The second-order valence-electron chi connectivity index (χ2n) is 9.10. The Morgan fingerprint density at radius 3 is 2.66 bits per heavy atom. The van der Waals surface area contributed by atoms with Crippen LogP contribution in [0.4, 0.5) is 19.3 Å². The minimum atomic E-state index is -2.65. The van der Waals surface area contributed by atoms with Crippen LogP contribution in [-0.2, 0) is 9.53 Å². The summed E-state index contributed by atoms with van der Waals surface area (Å²) in [6, 6.07) is 7.37. The van der Waals surface area contributed by atoms with Crippen LogP contribution in [0.2, 0.25) is 0 Å². The fraction of sp³-hybridized carbons (Fsp3) is 0.458. The second kappa shape index (κ2) is 9.63. The Labute approximate surface area is 186 Å². The van der Waals surface area contributed by atoms with E-state index in [1.165, 1.54) is 12.1 Å². The predicted molar refractivity (Wildman–Crippen MR) is 118 cm³/mol. The van der Waals surface area contributed by atoms with Gasteiger partial charge in [-0.25, -0.2) is 13.6 Å². The average molecular weight is 446 g/mol. The quantitative estimate of drug-likeness (QED) is 0.593. The van der Waals surface area contributed by atoms with Crippen molar-refractivity contribution in [1.29, 1.82) is 0 Å². The number of rotatable bonds is 2. The maximum Gasteiger partial charge on any atom is 0.408 e. The van der Waals surface area contributed by atoms with E-state index in [9.17, 15) is 18.4 Å². The van der Waals surface area contributed by atoms with Crippen molar-refractivity contribution in [3.63, 3.8) is 0 Å². The molecule has 1 aliphatic rings. The molecule has 2 aromatic rings. The van der Waals surface area contributed by atoms with Gasteiger partial charge in [0.25, 0.3) is 6.43 Å². The zero-order valence-corrected chi connectivity index (χ0v) is 18.7. The lowest BCUT2D eigenvalue weighted by Crippen LogP contribution is -2.35. The van der Waals surface area contributed by atoms with Crippen molar-refractivity contribution >= 4 is 17.7 Å². The van der Waals surface area contributed by atoms with E-state index in [0.717, 1.165) is 0 Å². The molecule has 0 fully saturated rings. The molecule has 6 nitrogen and oxygen atoms in total. The number of carbonyl (C=O) groups excluding carboxylic acids is 2. The third kappa shape index (κ3) is 6.02. The highest BCUT2D eigenvalue weighted by Gasteiger charge is 2.24. The van der Waals surface area contributed by atoms with Crippen molar-refractivity contribution in [2.75, 3.05) is 5.32 Å². The van der Waals surface area contributed by atoms with Gasteiger partial charge in [0.05, 0.1) is 11.7 Å². The van der Waals surface area contributed by atoms with Crippen molar-refractivity contribution in [2.45, 2.75) is 65.0 Å². The van der Waals surface area contributed by atoms with Crippen molar-refractivity contribution in [3.05, 3.63) is 47.8 Å². The normalized spacial score (nSPS) is 19.3. The summed E-state index contributed by atoms with van der Waals surface area (Å²) >= 11 is 0. The molecule has 1 aliphatic heterocycles. The molecule has 8 heteroatoms. The van der Waals surface area contributed by atoms with Gasteiger partial charge in [-0.1, -0.05) is 25.5 Å². The summed E-state index contributed by atoms with van der Waals surface area (Å²) in [6.45, 7) is 7.16. The standard InChI is InChI=1S/C24H29F2N3O3/c1-14-6-5-7-18(29-23(31)32-24(2,3)4)20-12-15(10-11-27-20)17-9-8-16(21(25)26)13-19(17)28-22(14)30/h8-14,18,21H,5-7H2,1-4H3,(H,28,30)(H,29,31)/t14-,18+/m1/s1. The SMILES string of the molecule is C[C@@H]1CCC[C@H](NC(=O)OC(C)(C)C)c2cc(ccn2)-c2ccc(C(F)F)cc2NC1=O.